The van der Waals surface area contributed by atoms with Crippen LogP contribution in [-0.2, 0) is 4.74 Å². The van der Waals surface area contributed by atoms with Crippen molar-refractivity contribution in [3.63, 3.8) is 0 Å². The van der Waals surface area contributed by atoms with Gasteiger partial charge >= 0.3 is 0 Å². The van der Waals surface area contributed by atoms with Crippen molar-refractivity contribution >= 4 is 5.82 Å². The number of likely N-dealkylation sites (tertiary alicyclic amines) is 1. The Morgan fingerprint density at radius 2 is 2.10 bits per heavy atom. The highest BCUT2D eigenvalue weighted by Crippen LogP contribution is 2.36. The van der Waals surface area contributed by atoms with Crippen molar-refractivity contribution in [2.24, 2.45) is 5.92 Å². The smallest absolute Gasteiger partial charge is 0.133 e. The molecule has 0 amide bonds. The second-order valence-corrected chi connectivity index (χ2v) is 6.56. The highest BCUT2D eigenvalue weighted by molar-refractivity contribution is 5.49. The van der Waals surface area contributed by atoms with E-state index in [0.717, 1.165) is 26.3 Å². The van der Waals surface area contributed by atoms with E-state index < -0.39 is 0 Å². The molecule has 0 saturated carbocycles. The number of nitrogens with zero attached hydrogens (tertiary/aromatic N) is 3. The highest BCUT2D eigenvalue weighted by Gasteiger charge is 2.30. The molecule has 0 aromatic carbocycles. The molecule has 0 N–H and O–H groups in total. The first kappa shape index (κ1) is 14.8. The number of aromatic nitrogens is 1. The fraction of sp³-hybridized carbons (Fsp3) is 0.706. The largest absolute Gasteiger partial charge is 0.378 e. The maximum atomic E-state index is 5.48. The predicted octanol–water partition coefficient (Wildman–Crippen LogP) is 2.71. The van der Waals surface area contributed by atoms with Crippen molar-refractivity contribution in [3.8, 4) is 0 Å². The first-order valence-electron chi connectivity index (χ1n) is 8.27. The number of morpholine rings is 1. The topological polar surface area (TPSA) is 28.6 Å². The van der Waals surface area contributed by atoms with Crippen molar-refractivity contribution in [2.75, 3.05) is 44.3 Å². The maximum Gasteiger partial charge on any atom is 0.133 e. The van der Waals surface area contributed by atoms with Gasteiger partial charge in [0.05, 0.1) is 13.2 Å². The summed E-state index contributed by atoms with van der Waals surface area (Å²) in [5, 5.41) is 0. The molecule has 2 fully saturated rings. The first-order chi connectivity index (χ1) is 10.3. The SMILES string of the molecule is CC(C)CN1CCCC1c1cccnc1N1CCOCC1. The van der Waals surface area contributed by atoms with Crippen LogP contribution in [0.4, 0.5) is 5.82 Å². The average Bonchev–Trinajstić information content (AvgIpc) is 2.95. The van der Waals surface area contributed by atoms with E-state index in [9.17, 15) is 0 Å². The molecule has 2 aliphatic rings. The molecule has 4 heteroatoms. The van der Waals surface area contributed by atoms with Crippen LogP contribution in [0.2, 0.25) is 0 Å². The molecule has 0 bridgehead atoms. The lowest BCUT2D eigenvalue weighted by atomic mass is 10.0. The van der Waals surface area contributed by atoms with Gasteiger partial charge in [-0.15, -0.1) is 0 Å². The molecular weight excluding hydrogens is 262 g/mol. The molecule has 0 aliphatic carbocycles. The third kappa shape index (κ3) is 3.38. The van der Waals surface area contributed by atoms with Crippen LogP contribution >= 0.6 is 0 Å². The molecule has 4 nitrogen and oxygen atoms in total. The minimum absolute atomic E-state index is 0.541. The molecule has 2 aliphatic heterocycles. The van der Waals surface area contributed by atoms with Gasteiger partial charge in [0.1, 0.15) is 5.82 Å². The minimum Gasteiger partial charge on any atom is -0.378 e. The van der Waals surface area contributed by atoms with Crippen LogP contribution in [0.1, 0.15) is 38.3 Å². The van der Waals surface area contributed by atoms with Crippen molar-refractivity contribution in [3.05, 3.63) is 23.9 Å². The van der Waals surface area contributed by atoms with Gasteiger partial charge in [0.2, 0.25) is 0 Å². The van der Waals surface area contributed by atoms with Crippen molar-refractivity contribution < 1.29 is 4.74 Å². The predicted molar refractivity (Wildman–Crippen MR) is 85.7 cm³/mol. The number of hydrogen-bond donors (Lipinski definition) is 0. The lowest BCUT2D eigenvalue weighted by molar-refractivity contribution is 0.122. The van der Waals surface area contributed by atoms with Crippen LogP contribution in [0, 0.1) is 5.92 Å². The van der Waals surface area contributed by atoms with Gasteiger partial charge in [-0.05, 0) is 31.4 Å². The monoisotopic (exact) mass is 289 g/mol. The summed E-state index contributed by atoms with van der Waals surface area (Å²) in [6.45, 7) is 10.6. The first-order valence-corrected chi connectivity index (χ1v) is 8.27. The Hall–Kier alpha value is -1.13. The fourth-order valence-electron chi connectivity index (χ4n) is 3.57. The molecule has 21 heavy (non-hydrogen) atoms. The molecule has 1 atom stereocenters. The summed E-state index contributed by atoms with van der Waals surface area (Å²) in [5.41, 5.74) is 1.41. The van der Waals surface area contributed by atoms with Gasteiger partial charge in [0.25, 0.3) is 0 Å². The van der Waals surface area contributed by atoms with Gasteiger partial charge in [0, 0.05) is 37.4 Å². The number of ether oxygens (including phenoxy) is 1. The molecule has 2 saturated heterocycles. The van der Waals surface area contributed by atoms with Crippen LogP contribution in [0.3, 0.4) is 0 Å². The third-order valence-electron chi connectivity index (χ3n) is 4.45. The summed E-state index contributed by atoms with van der Waals surface area (Å²) in [7, 11) is 0. The quantitative estimate of drug-likeness (QED) is 0.852. The Morgan fingerprint density at radius 1 is 1.29 bits per heavy atom. The van der Waals surface area contributed by atoms with Crippen LogP contribution in [0.5, 0.6) is 0 Å². The Balaban J connectivity index is 1.83. The summed E-state index contributed by atoms with van der Waals surface area (Å²) >= 11 is 0. The molecule has 0 spiro atoms. The van der Waals surface area contributed by atoms with Crippen LogP contribution in [0.15, 0.2) is 18.3 Å². The second-order valence-electron chi connectivity index (χ2n) is 6.56. The lowest BCUT2D eigenvalue weighted by Gasteiger charge is -2.33. The Morgan fingerprint density at radius 3 is 2.86 bits per heavy atom. The van der Waals surface area contributed by atoms with E-state index in [1.54, 1.807) is 0 Å². The molecular formula is C17H27N3O. The molecule has 3 rings (SSSR count). The van der Waals surface area contributed by atoms with Gasteiger partial charge in [-0.25, -0.2) is 4.98 Å². The van der Waals surface area contributed by atoms with E-state index in [4.69, 9.17) is 9.72 Å². The number of anilines is 1. The van der Waals surface area contributed by atoms with E-state index in [-0.39, 0.29) is 0 Å². The molecule has 1 aromatic rings. The van der Waals surface area contributed by atoms with Crippen molar-refractivity contribution in [2.45, 2.75) is 32.7 Å². The summed E-state index contributed by atoms with van der Waals surface area (Å²) in [6.07, 6.45) is 4.49. The van der Waals surface area contributed by atoms with Crippen molar-refractivity contribution in [1.29, 1.82) is 0 Å². The Labute approximate surface area is 128 Å². The zero-order valence-electron chi connectivity index (χ0n) is 13.3. The summed E-state index contributed by atoms with van der Waals surface area (Å²) in [5.74, 6) is 1.90. The van der Waals surface area contributed by atoms with E-state index in [1.807, 2.05) is 6.20 Å². The summed E-state index contributed by atoms with van der Waals surface area (Å²) in [6, 6.07) is 4.91. The zero-order chi connectivity index (χ0) is 14.7. The number of hydrogen-bond acceptors (Lipinski definition) is 4. The van der Waals surface area contributed by atoms with E-state index >= 15 is 0 Å². The normalized spacial score (nSPS) is 24.0. The number of pyridine rings is 1. The van der Waals surface area contributed by atoms with Gasteiger partial charge in [0.15, 0.2) is 0 Å². The molecule has 1 aromatic heterocycles. The van der Waals surface area contributed by atoms with E-state index in [0.29, 0.717) is 12.0 Å². The van der Waals surface area contributed by atoms with Gasteiger partial charge < -0.3 is 9.64 Å². The van der Waals surface area contributed by atoms with Crippen LogP contribution in [-0.4, -0.2) is 49.3 Å². The molecule has 0 radical (unpaired) electrons. The van der Waals surface area contributed by atoms with E-state index in [2.05, 4.69) is 35.8 Å². The van der Waals surface area contributed by atoms with Crippen LogP contribution in [0.25, 0.3) is 0 Å². The maximum absolute atomic E-state index is 5.48. The van der Waals surface area contributed by atoms with Gasteiger partial charge in [-0.1, -0.05) is 19.9 Å². The summed E-state index contributed by atoms with van der Waals surface area (Å²) in [4.78, 5) is 9.74. The zero-order valence-corrected chi connectivity index (χ0v) is 13.3. The number of rotatable bonds is 4. The van der Waals surface area contributed by atoms with Crippen LogP contribution < -0.4 is 4.90 Å². The Kier molecular flexibility index (Phi) is 4.76. The molecule has 1 unspecified atom stereocenters. The van der Waals surface area contributed by atoms with E-state index in [1.165, 1.54) is 37.3 Å². The van der Waals surface area contributed by atoms with Gasteiger partial charge in [-0.2, -0.15) is 0 Å². The molecule has 116 valence electrons. The Bertz CT molecular complexity index is 457. The lowest BCUT2D eigenvalue weighted by Crippen LogP contribution is -2.38. The summed E-state index contributed by atoms with van der Waals surface area (Å²) < 4.78 is 5.48. The highest BCUT2D eigenvalue weighted by atomic mass is 16.5. The second kappa shape index (κ2) is 6.75. The fourth-order valence-corrected chi connectivity index (χ4v) is 3.57. The molecule has 3 heterocycles. The average molecular weight is 289 g/mol. The minimum atomic E-state index is 0.541. The van der Waals surface area contributed by atoms with Gasteiger partial charge in [-0.3, -0.25) is 4.90 Å². The van der Waals surface area contributed by atoms with Crippen molar-refractivity contribution in [1.82, 2.24) is 9.88 Å². The third-order valence-corrected chi connectivity index (χ3v) is 4.45. The standard InChI is InChI=1S/C17H27N3O/c1-14(2)13-20-8-4-6-16(20)15-5-3-7-18-17(15)19-9-11-21-12-10-19/h3,5,7,14,16H,4,6,8-13H2,1-2H3.